The van der Waals surface area contributed by atoms with Crippen LogP contribution in [0, 0.1) is 6.92 Å². The van der Waals surface area contributed by atoms with Gasteiger partial charge >= 0.3 is 0 Å². The molecule has 94 valence electrons. The van der Waals surface area contributed by atoms with Crippen LogP contribution in [0.15, 0.2) is 24.3 Å². The van der Waals surface area contributed by atoms with E-state index in [1.54, 1.807) is 0 Å². The second-order valence-electron chi connectivity index (χ2n) is 4.82. The van der Waals surface area contributed by atoms with Crippen molar-refractivity contribution in [3.05, 3.63) is 35.4 Å². The number of aryl methyl sites for hydroxylation is 1. The zero-order valence-electron chi connectivity index (χ0n) is 10.5. The van der Waals surface area contributed by atoms with E-state index in [1.807, 2.05) is 0 Å². The van der Waals surface area contributed by atoms with Crippen LogP contribution in [0.3, 0.4) is 0 Å². The minimum Gasteiger partial charge on any atom is -0.395 e. The first kappa shape index (κ1) is 12.6. The van der Waals surface area contributed by atoms with Gasteiger partial charge in [-0.05, 0) is 24.5 Å². The molecule has 0 aliphatic carbocycles. The van der Waals surface area contributed by atoms with Crippen molar-refractivity contribution in [2.24, 2.45) is 0 Å². The van der Waals surface area contributed by atoms with E-state index >= 15 is 0 Å². The van der Waals surface area contributed by atoms with Gasteiger partial charge in [0.25, 0.3) is 0 Å². The quantitative estimate of drug-likeness (QED) is 0.802. The predicted molar refractivity (Wildman–Crippen MR) is 69.9 cm³/mol. The Bertz CT molecular complexity index is 354. The van der Waals surface area contributed by atoms with Gasteiger partial charge in [-0.1, -0.05) is 24.3 Å². The Hall–Kier alpha value is -0.900. The zero-order valence-corrected chi connectivity index (χ0v) is 10.5. The molecule has 0 radical (unpaired) electrons. The maximum absolute atomic E-state index is 8.79. The highest BCUT2D eigenvalue weighted by atomic mass is 16.3. The number of hydrogen-bond donors (Lipinski definition) is 2. The summed E-state index contributed by atoms with van der Waals surface area (Å²) < 4.78 is 0. The molecule has 2 N–H and O–H groups in total. The third kappa shape index (κ3) is 3.53. The van der Waals surface area contributed by atoms with Gasteiger partial charge in [-0.25, -0.2) is 0 Å². The van der Waals surface area contributed by atoms with Gasteiger partial charge < -0.3 is 10.4 Å². The molecule has 1 unspecified atom stereocenters. The highest BCUT2D eigenvalue weighted by Crippen LogP contribution is 2.15. The molecule has 0 spiro atoms. The summed E-state index contributed by atoms with van der Waals surface area (Å²) in [7, 11) is 0. The highest BCUT2D eigenvalue weighted by molar-refractivity contribution is 5.25. The van der Waals surface area contributed by atoms with Gasteiger partial charge in [-0.2, -0.15) is 0 Å². The molecular formula is C14H22N2O. The lowest BCUT2D eigenvalue weighted by Crippen LogP contribution is -2.34. The minimum atomic E-state index is 0.230. The summed E-state index contributed by atoms with van der Waals surface area (Å²) in [6.45, 7) is 6.40. The monoisotopic (exact) mass is 234 g/mol. The topological polar surface area (TPSA) is 35.5 Å². The standard InChI is InChI=1S/C14H22N2O/c1-12-4-2-3-5-13(12)10-16-8-6-14(11-16)15-7-9-17/h2-5,14-15,17H,6-11H2,1H3. The number of aliphatic hydroxyl groups excluding tert-OH is 1. The maximum atomic E-state index is 8.79. The number of rotatable bonds is 5. The summed E-state index contributed by atoms with van der Waals surface area (Å²) >= 11 is 0. The Labute approximate surface area is 103 Å². The van der Waals surface area contributed by atoms with Crippen LogP contribution in [0.25, 0.3) is 0 Å². The molecule has 3 nitrogen and oxygen atoms in total. The molecule has 0 saturated carbocycles. The van der Waals surface area contributed by atoms with E-state index in [4.69, 9.17) is 5.11 Å². The van der Waals surface area contributed by atoms with Crippen molar-refractivity contribution in [1.29, 1.82) is 0 Å². The van der Waals surface area contributed by atoms with E-state index in [9.17, 15) is 0 Å². The summed E-state index contributed by atoms with van der Waals surface area (Å²) in [6, 6.07) is 9.14. The van der Waals surface area contributed by atoms with Crippen LogP contribution in [0.1, 0.15) is 17.5 Å². The van der Waals surface area contributed by atoms with Crippen LogP contribution in [0.4, 0.5) is 0 Å². The largest absolute Gasteiger partial charge is 0.395 e. The summed E-state index contributed by atoms with van der Waals surface area (Å²) in [5.41, 5.74) is 2.80. The molecule has 1 aliphatic rings. The van der Waals surface area contributed by atoms with Crippen LogP contribution < -0.4 is 5.32 Å². The van der Waals surface area contributed by atoms with E-state index in [-0.39, 0.29) is 6.61 Å². The van der Waals surface area contributed by atoms with Crippen LogP contribution in [0.2, 0.25) is 0 Å². The molecule has 3 heteroatoms. The van der Waals surface area contributed by atoms with Crippen molar-refractivity contribution in [2.75, 3.05) is 26.2 Å². The van der Waals surface area contributed by atoms with Crippen molar-refractivity contribution < 1.29 is 5.11 Å². The molecular weight excluding hydrogens is 212 g/mol. The first-order valence-electron chi connectivity index (χ1n) is 6.40. The molecule has 1 aromatic rings. The first-order valence-corrected chi connectivity index (χ1v) is 6.40. The number of aliphatic hydroxyl groups is 1. The first-order chi connectivity index (χ1) is 8.29. The van der Waals surface area contributed by atoms with Gasteiger partial charge in [-0.15, -0.1) is 0 Å². The van der Waals surface area contributed by atoms with E-state index in [0.717, 1.165) is 19.6 Å². The molecule has 1 aromatic carbocycles. The van der Waals surface area contributed by atoms with Crippen LogP contribution >= 0.6 is 0 Å². The molecule has 0 amide bonds. The Kier molecular flexibility index (Phi) is 4.54. The van der Waals surface area contributed by atoms with Crippen molar-refractivity contribution in [2.45, 2.75) is 25.9 Å². The maximum Gasteiger partial charge on any atom is 0.0556 e. The van der Waals surface area contributed by atoms with Crippen molar-refractivity contribution in [3.8, 4) is 0 Å². The SMILES string of the molecule is Cc1ccccc1CN1CCC(NCCO)C1. The number of nitrogens with zero attached hydrogens (tertiary/aromatic N) is 1. The molecule has 0 aromatic heterocycles. The van der Waals surface area contributed by atoms with Gasteiger partial charge in [-0.3, -0.25) is 4.90 Å². The predicted octanol–water partition coefficient (Wildman–Crippen LogP) is 1.15. The third-order valence-corrected chi connectivity index (χ3v) is 3.47. The van der Waals surface area contributed by atoms with Gasteiger partial charge in [0.2, 0.25) is 0 Å². The zero-order chi connectivity index (χ0) is 12.1. The van der Waals surface area contributed by atoms with Gasteiger partial charge in [0.1, 0.15) is 0 Å². The number of likely N-dealkylation sites (tertiary alicyclic amines) is 1. The van der Waals surface area contributed by atoms with E-state index in [2.05, 4.69) is 41.4 Å². The van der Waals surface area contributed by atoms with Crippen LogP contribution in [-0.4, -0.2) is 42.3 Å². The molecule has 1 heterocycles. The highest BCUT2D eigenvalue weighted by Gasteiger charge is 2.21. The lowest BCUT2D eigenvalue weighted by atomic mass is 10.1. The number of benzene rings is 1. The summed E-state index contributed by atoms with van der Waals surface area (Å²) in [5.74, 6) is 0. The van der Waals surface area contributed by atoms with Crippen molar-refractivity contribution in [3.63, 3.8) is 0 Å². The van der Waals surface area contributed by atoms with Crippen molar-refractivity contribution in [1.82, 2.24) is 10.2 Å². The Morgan fingerprint density at radius 2 is 2.24 bits per heavy atom. The molecule has 2 rings (SSSR count). The van der Waals surface area contributed by atoms with Gasteiger partial charge in [0.05, 0.1) is 6.61 Å². The van der Waals surface area contributed by atoms with Crippen molar-refractivity contribution >= 4 is 0 Å². The second-order valence-corrected chi connectivity index (χ2v) is 4.82. The van der Waals surface area contributed by atoms with E-state index in [1.165, 1.54) is 17.5 Å². The summed E-state index contributed by atoms with van der Waals surface area (Å²) in [6.07, 6.45) is 1.19. The summed E-state index contributed by atoms with van der Waals surface area (Å²) in [5, 5.41) is 12.2. The third-order valence-electron chi connectivity index (χ3n) is 3.47. The average molecular weight is 234 g/mol. The number of nitrogens with one attached hydrogen (secondary N) is 1. The fraction of sp³-hybridized carbons (Fsp3) is 0.571. The fourth-order valence-electron chi connectivity index (χ4n) is 2.44. The lowest BCUT2D eigenvalue weighted by Gasteiger charge is -2.17. The molecule has 0 bridgehead atoms. The smallest absolute Gasteiger partial charge is 0.0556 e. The van der Waals surface area contributed by atoms with Gasteiger partial charge in [0, 0.05) is 32.2 Å². The summed E-state index contributed by atoms with van der Waals surface area (Å²) in [4.78, 5) is 2.48. The fourth-order valence-corrected chi connectivity index (χ4v) is 2.44. The van der Waals surface area contributed by atoms with E-state index < -0.39 is 0 Å². The second kappa shape index (κ2) is 6.15. The lowest BCUT2D eigenvalue weighted by molar-refractivity contribution is 0.278. The minimum absolute atomic E-state index is 0.230. The Morgan fingerprint density at radius 3 is 3.00 bits per heavy atom. The molecule has 17 heavy (non-hydrogen) atoms. The average Bonchev–Trinajstić information content (AvgIpc) is 2.77. The van der Waals surface area contributed by atoms with Gasteiger partial charge in [0.15, 0.2) is 0 Å². The van der Waals surface area contributed by atoms with Crippen LogP contribution in [-0.2, 0) is 6.54 Å². The van der Waals surface area contributed by atoms with E-state index in [0.29, 0.717) is 12.6 Å². The number of hydrogen-bond acceptors (Lipinski definition) is 3. The Morgan fingerprint density at radius 1 is 1.41 bits per heavy atom. The van der Waals surface area contributed by atoms with Crippen LogP contribution in [0.5, 0.6) is 0 Å². The normalized spacial score (nSPS) is 20.9. The Balaban J connectivity index is 1.83. The molecule has 1 aliphatic heterocycles. The molecule has 1 fully saturated rings. The molecule has 1 saturated heterocycles. The molecule has 1 atom stereocenters.